The molecule has 1 N–H and O–H groups in total. The van der Waals surface area contributed by atoms with Gasteiger partial charge in [0, 0.05) is 28.3 Å². The molecule has 5 nitrogen and oxygen atoms in total. The molecular formula is C46H30N4O. The van der Waals surface area contributed by atoms with Crippen LogP contribution in [0.25, 0.3) is 65.9 Å². The fourth-order valence-electron chi connectivity index (χ4n) is 7.30. The average molecular weight is 655 g/mol. The van der Waals surface area contributed by atoms with Gasteiger partial charge in [0.2, 0.25) is 0 Å². The van der Waals surface area contributed by atoms with Gasteiger partial charge in [-0.3, -0.25) is 4.98 Å². The van der Waals surface area contributed by atoms with Gasteiger partial charge in [0.25, 0.3) is 0 Å². The molecule has 0 radical (unpaired) electrons. The van der Waals surface area contributed by atoms with Crippen molar-refractivity contribution in [1.82, 2.24) is 10.3 Å². The van der Waals surface area contributed by atoms with Crippen LogP contribution in [0.3, 0.4) is 0 Å². The summed E-state index contributed by atoms with van der Waals surface area (Å²) in [7, 11) is 0. The lowest BCUT2D eigenvalue weighted by molar-refractivity contribution is 0.668. The third-order valence-electron chi connectivity index (χ3n) is 9.79. The summed E-state index contributed by atoms with van der Waals surface area (Å²) < 4.78 is 6.46. The van der Waals surface area contributed by atoms with Crippen molar-refractivity contribution in [2.24, 2.45) is 9.98 Å². The first-order valence-corrected chi connectivity index (χ1v) is 17.1. The van der Waals surface area contributed by atoms with Crippen LogP contribution in [0.1, 0.15) is 22.9 Å². The highest BCUT2D eigenvalue weighted by Gasteiger charge is 2.24. The second kappa shape index (κ2) is 11.9. The molecule has 1 atom stereocenters. The highest BCUT2D eigenvalue weighted by atomic mass is 16.3. The number of furan rings is 1. The number of fused-ring (bicyclic) bond motifs is 5. The van der Waals surface area contributed by atoms with Crippen LogP contribution < -0.4 is 5.32 Å². The maximum Gasteiger partial charge on any atom is 0.159 e. The maximum absolute atomic E-state index is 6.46. The van der Waals surface area contributed by atoms with E-state index >= 15 is 0 Å². The third-order valence-corrected chi connectivity index (χ3v) is 9.79. The van der Waals surface area contributed by atoms with Gasteiger partial charge in [-0.2, -0.15) is 0 Å². The lowest BCUT2D eigenvalue weighted by Crippen LogP contribution is -2.33. The number of amidine groups is 2. The van der Waals surface area contributed by atoms with Gasteiger partial charge in [0.1, 0.15) is 23.2 Å². The Morgan fingerprint density at radius 3 is 2.04 bits per heavy atom. The second-order valence-corrected chi connectivity index (χ2v) is 12.9. The summed E-state index contributed by atoms with van der Waals surface area (Å²) in [5.41, 5.74) is 8.91. The number of nitrogens with one attached hydrogen (secondary N) is 1. The van der Waals surface area contributed by atoms with Crippen LogP contribution in [0.15, 0.2) is 184 Å². The Kier molecular flexibility index (Phi) is 6.81. The highest BCUT2D eigenvalue weighted by Crippen LogP contribution is 2.40. The zero-order valence-corrected chi connectivity index (χ0v) is 27.5. The van der Waals surface area contributed by atoms with Gasteiger partial charge in [-0.15, -0.1) is 0 Å². The number of aromatic nitrogens is 1. The van der Waals surface area contributed by atoms with Gasteiger partial charge in [0.05, 0.1) is 11.1 Å². The molecule has 240 valence electrons. The summed E-state index contributed by atoms with van der Waals surface area (Å²) >= 11 is 0. The number of rotatable bonds is 5. The van der Waals surface area contributed by atoms with E-state index in [2.05, 4.69) is 139 Å². The molecule has 0 saturated carbocycles. The Balaban J connectivity index is 1.11. The van der Waals surface area contributed by atoms with E-state index in [4.69, 9.17) is 19.4 Å². The van der Waals surface area contributed by atoms with E-state index in [1.54, 1.807) is 0 Å². The summed E-state index contributed by atoms with van der Waals surface area (Å²) in [5, 5.41) is 10.3. The molecule has 0 fully saturated rings. The van der Waals surface area contributed by atoms with E-state index in [1.807, 2.05) is 36.5 Å². The Morgan fingerprint density at radius 1 is 0.510 bits per heavy atom. The van der Waals surface area contributed by atoms with E-state index in [-0.39, 0.29) is 6.17 Å². The van der Waals surface area contributed by atoms with Crippen LogP contribution in [-0.2, 0) is 0 Å². The lowest BCUT2D eigenvalue weighted by Gasteiger charge is -2.25. The molecule has 1 aliphatic rings. The Hall–Kier alpha value is -6.85. The van der Waals surface area contributed by atoms with Crippen molar-refractivity contribution < 1.29 is 4.42 Å². The van der Waals surface area contributed by atoms with Gasteiger partial charge >= 0.3 is 0 Å². The monoisotopic (exact) mass is 654 g/mol. The van der Waals surface area contributed by atoms with Gasteiger partial charge in [-0.05, 0) is 68.6 Å². The molecule has 0 amide bonds. The molecule has 7 aromatic carbocycles. The number of pyridine rings is 1. The zero-order chi connectivity index (χ0) is 33.7. The Labute approximate surface area is 294 Å². The van der Waals surface area contributed by atoms with Crippen LogP contribution >= 0.6 is 0 Å². The molecule has 0 aliphatic carbocycles. The van der Waals surface area contributed by atoms with Crippen LogP contribution in [0.5, 0.6) is 0 Å². The molecule has 2 aromatic heterocycles. The quantitative estimate of drug-likeness (QED) is 0.201. The minimum atomic E-state index is -0.316. The molecule has 9 aromatic rings. The molecule has 0 saturated heterocycles. The van der Waals surface area contributed by atoms with E-state index in [0.29, 0.717) is 5.84 Å². The summed E-state index contributed by atoms with van der Waals surface area (Å²) in [4.78, 5) is 15.3. The van der Waals surface area contributed by atoms with Gasteiger partial charge in [0.15, 0.2) is 5.84 Å². The van der Waals surface area contributed by atoms with Crippen LogP contribution in [0, 0.1) is 0 Å². The largest absolute Gasteiger partial charge is 0.456 e. The van der Waals surface area contributed by atoms with Gasteiger partial charge in [-0.25, -0.2) is 9.98 Å². The molecule has 5 heteroatoms. The Bertz CT molecular complexity index is 2840. The topological polar surface area (TPSA) is 62.8 Å². The van der Waals surface area contributed by atoms with Crippen molar-refractivity contribution in [3.8, 4) is 22.4 Å². The molecule has 0 bridgehead atoms. The third kappa shape index (κ3) is 5.06. The predicted molar refractivity (Wildman–Crippen MR) is 209 cm³/mol. The molecule has 1 aliphatic heterocycles. The Morgan fingerprint density at radius 2 is 1.22 bits per heavy atom. The molecule has 3 heterocycles. The molecule has 1 unspecified atom stereocenters. The first-order chi connectivity index (χ1) is 25.3. The zero-order valence-electron chi connectivity index (χ0n) is 27.5. The lowest BCUT2D eigenvalue weighted by atomic mass is 9.94. The van der Waals surface area contributed by atoms with Crippen molar-refractivity contribution in [3.63, 3.8) is 0 Å². The normalized spacial score (nSPS) is 14.5. The predicted octanol–water partition coefficient (Wildman–Crippen LogP) is 11.1. The van der Waals surface area contributed by atoms with Crippen molar-refractivity contribution >= 4 is 55.2 Å². The number of hydrogen-bond acceptors (Lipinski definition) is 5. The van der Waals surface area contributed by atoms with E-state index in [0.717, 1.165) is 77.6 Å². The van der Waals surface area contributed by atoms with Crippen molar-refractivity contribution in [2.75, 3.05) is 0 Å². The number of benzene rings is 7. The van der Waals surface area contributed by atoms with Crippen molar-refractivity contribution in [1.29, 1.82) is 0 Å². The summed E-state index contributed by atoms with van der Waals surface area (Å²) in [6, 6.07) is 56.8. The van der Waals surface area contributed by atoms with E-state index in [1.165, 1.54) is 10.8 Å². The van der Waals surface area contributed by atoms with E-state index < -0.39 is 0 Å². The second-order valence-electron chi connectivity index (χ2n) is 12.9. The van der Waals surface area contributed by atoms with Gasteiger partial charge < -0.3 is 9.73 Å². The minimum Gasteiger partial charge on any atom is -0.456 e. The summed E-state index contributed by atoms with van der Waals surface area (Å²) in [5.74, 6) is 1.47. The van der Waals surface area contributed by atoms with Crippen molar-refractivity contribution in [3.05, 3.63) is 187 Å². The molecule has 0 spiro atoms. The van der Waals surface area contributed by atoms with Crippen LogP contribution in [0.4, 0.5) is 0 Å². The molecular weight excluding hydrogens is 625 g/mol. The number of nitrogens with zero attached hydrogens (tertiary/aromatic N) is 3. The van der Waals surface area contributed by atoms with Crippen LogP contribution in [0.2, 0.25) is 0 Å². The maximum atomic E-state index is 6.46. The molecule has 10 rings (SSSR count). The fourth-order valence-corrected chi connectivity index (χ4v) is 7.30. The molecule has 51 heavy (non-hydrogen) atoms. The number of aliphatic imine (C=N–C) groups is 2. The smallest absolute Gasteiger partial charge is 0.159 e. The SMILES string of the molecule is c1ccc(C2=NC(c3ccc4ccccc4c3)NC(c3ccc(-c4nccc5oc6cc(-c7ccccc7)ccc6c45)c4ccccc34)=N2)cc1. The highest BCUT2D eigenvalue weighted by molar-refractivity contribution is 6.20. The van der Waals surface area contributed by atoms with E-state index in [9.17, 15) is 0 Å². The standard InChI is InChI=1S/C46H30N4O/c1-3-11-29(12-4-1)33-21-22-39-41(28-33)51-40-25-26-47-43(42(39)40)37-23-24-38(36-18-10-9-17-35(36)37)46-49-44(31-14-5-2-6-15-31)48-45(50-46)34-20-19-30-13-7-8-16-32(30)27-34/h1-28,45H,(H,48,49,50). The first-order valence-electron chi connectivity index (χ1n) is 17.1. The average Bonchev–Trinajstić information content (AvgIpc) is 3.59. The van der Waals surface area contributed by atoms with Crippen LogP contribution in [-0.4, -0.2) is 16.7 Å². The number of hydrogen-bond donors (Lipinski definition) is 1. The first kappa shape index (κ1) is 29.1. The summed E-state index contributed by atoms with van der Waals surface area (Å²) in [6.07, 6.45) is 1.52. The minimum absolute atomic E-state index is 0.316. The van der Waals surface area contributed by atoms with Crippen molar-refractivity contribution in [2.45, 2.75) is 6.17 Å². The summed E-state index contributed by atoms with van der Waals surface area (Å²) in [6.45, 7) is 0. The fraction of sp³-hybridized carbons (Fsp3) is 0.0217. The van der Waals surface area contributed by atoms with Gasteiger partial charge in [-0.1, -0.05) is 133 Å².